The lowest BCUT2D eigenvalue weighted by molar-refractivity contribution is -0.135. The van der Waals surface area contributed by atoms with E-state index in [1.165, 1.54) is 37.7 Å². The minimum absolute atomic E-state index is 0.0145. The largest absolute Gasteiger partial charge is 0.379 e. The van der Waals surface area contributed by atoms with Gasteiger partial charge in [0.05, 0.1) is 38.3 Å². The van der Waals surface area contributed by atoms with Crippen molar-refractivity contribution in [2.45, 2.75) is 72.1 Å². The Morgan fingerprint density at radius 2 is 1.70 bits per heavy atom. The van der Waals surface area contributed by atoms with Crippen LogP contribution >= 0.6 is 0 Å². The van der Waals surface area contributed by atoms with Gasteiger partial charge in [-0.2, -0.15) is 0 Å². The van der Waals surface area contributed by atoms with E-state index in [4.69, 9.17) is 4.74 Å². The molecule has 0 aromatic carbocycles. The van der Waals surface area contributed by atoms with E-state index in [1.807, 2.05) is 11.8 Å². The molecule has 2 N–H and O–H groups in total. The number of hydrogen-bond acceptors (Lipinski definition) is 6. The van der Waals surface area contributed by atoms with Gasteiger partial charge in [0.2, 0.25) is 11.8 Å². The molecule has 0 unspecified atom stereocenters. The van der Waals surface area contributed by atoms with Crippen molar-refractivity contribution >= 4 is 18.2 Å². The van der Waals surface area contributed by atoms with Crippen LogP contribution in [0.5, 0.6) is 0 Å². The number of piperazine rings is 1. The van der Waals surface area contributed by atoms with Gasteiger partial charge >= 0.3 is 0 Å². The summed E-state index contributed by atoms with van der Waals surface area (Å²) in [6.45, 7) is 15.4. The number of hydrogen-bond donors (Lipinski definition) is 2. The SMILES string of the molecule is CC/C=C(CCC)\C(NC=NCCN1CCN(C(=O)CN2CCOCC2)CC1)=C(/C)C(=O)NCC1CCCCC1. The van der Waals surface area contributed by atoms with Crippen LogP contribution in [0.3, 0.4) is 0 Å². The summed E-state index contributed by atoms with van der Waals surface area (Å²) in [6, 6.07) is 0. The number of nitrogens with one attached hydrogen (secondary N) is 2. The molecule has 3 fully saturated rings. The number of allylic oxidation sites excluding steroid dienone is 2. The quantitative estimate of drug-likeness (QED) is 0.147. The molecule has 2 heterocycles. The lowest BCUT2D eigenvalue weighted by Crippen LogP contribution is -2.52. The van der Waals surface area contributed by atoms with E-state index in [9.17, 15) is 9.59 Å². The average molecular weight is 559 g/mol. The van der Waals surface area contributed by atoms with Gasteiger partial charge in [-0.1, -0.05) is 45.6 Å². The molecule has 9 heteroatoms. The molecule has 0 bridgehead atoms. The molecular formula is C31H54N6O3. The molecule has 0 radical (unpaired) electrons. The molecule has 2 aliphatic heterocycles. The van der Waals surface area contributed by atoms with E-state index in [-0.39, 0.29) is 11.8 Å². The number of aliphatic imine (C=N–C) groups is 1. The zero-order valence-electron chi connectivity index (χ0n) is 25.4. The highest BCUT2D eigenvalue weighted by Crippen LogP contribution is 2.23. The van der Waals surface area contributed by atoms with Crippen molar-refractivity contribution in [3.63, 3.8) is 0 Å². The third kappa shape index (κ3) is 11.0. The van der Waals surface area contributed by atoms with E-state index >= 15 is 0 Å². The molecule has 0 aromatic heterocycles. The highest BCUT2D eigenvalue weighted by molar-refractivity contribution is 5.94. The molecule has 1 aliphatic carbocycles. The first kappa shape index (κ1) is 32.3. The van der Waals surface area contributed by atoms with Crippen molar-refractivity contribution in [2.75, 3.05) is 78.7 Å². The summed E-state index contributed by atoms with van der Waals surface area (Å²) in [5, 5.41) is 6.58. The van der Waals surface area contributed by atoms with Crippen molar-refractivity contribution in [2.24, 2.45) is 10.9 Å². The van der Waals surface area contributed by atoms with E-state index in [0.717, 1.165) is 96.1 Å². The number of rotatable bonds is 14. The second-order valence-corrected chi connectivity index (χ2v) is 11.4. The number of amides is 2. The highest BCUT2D eigenvalue weighted by Gasteiger charge is 2.23. The standard InChI is InChI=1S/C31H54N6O3/c1-4-9-28(10-5-2)30(26(3)31(39)33-23-27-11-7-6-8-12-27)34-25-32-13-14-35-15-17-37(18-16-35)29(38)24-36-19-21-40-22-20-36/h9,25,27H,4-8,10-24H2,1-3H3,(H,32,34)(H,33,39)/b28-9-,30-26-. The van der Waals surface area contributed by atoms with Crippen LogP contribution in [-0.4, -0.2) is 112 Å². The molecule has 3 aliphatic rings. The molecule has 9 nitrogen and oxygen atoms in total. The zero-order chi connectivity index (χ0) is 28.6. The Bertz CT molecular complexity index is 866. The molecule has 1 saturated carbocycles. The van der Waals surface area contributed by atoms with Crippen LogP contribution in [-0.2, 0) is 14.3 Å². The Balaban J connectivity index is 1.46. The summed E-state index contributed by atoms with van der Waals surface area (Å²) < 4.78 is 5.38. The fraction of sp³-hybridized carbons (Fsp3) is 0.774. The minimum Gasteiger partial charge on any atom is -0.379 e. The Hall–Kier alpha value is -2.23. The van der Waals surface area contributed by atoms with E-state index < -0.39 is 0 Å². The maximum Gasteiger partial charge on any atom is 0.249 e. The first-order valence-electron chi connectivity index (χ1n) is 15.7. The van der Waals surface area contributed by atoms with Crippen LogP contribution in [0.2, 0.25) is 0 Å². The molecule has 0 spiro atoms. The van der Waals surface area contributed by atoms with Gasteiger partial charge in [-0.25, -0.2) is 0 Å². The van der Waals surface area contributed by atoms with Crippen LogP contribution in [0.4, 0.5) is 0 Å². The van der Waals surface area contributed by atoms with E-state index in [1.54, 1.807) is 6.34 Å². The molecule has 2 saturated heterocycles. The van der Waals surface area contributed by atoms with Gasteiger partial charge in [0.15, 0.2) is 0 Å². The van der Waals surface area contributed by atoms with Crippen molar-refractivity contribution in [3.05, 3.63) is 22.9 Å². The normalized spacial score (nSPS) is 21.0. The third-order valence-corrected chi connectivity index (χ3v) is 8.32. The Morgan fingerprint density at radius 1 is 0.975 bits per heavy atom. The smallest absolute Gasteiger partial charge is 0.249 e. The van der Waals surface area contributed by atoms with Crippen molar-refractivity contribution in [1.29, 1.82) is 0 Å². The van der Waals surface area contributed by atoms with Gasteiger partial charge in [0.1, 0.15) is 0 Å². The van der Waals surface area contributed by atoms with E-state index in [2.05, 4.69) is 45.3 Å². The Morgan fingerprint density at radius 3 is 2.38 bits per heavy atom. The van der Waals surface area contributed by atoms with Crippen molar-refractivity contribution < 1.29 is 14.3 Å². The third-order valence-electron chi connectivity index (χ3n) is 8.32. The average Bonchev–Trinajstić information content (AvgIpc) is 2.98. The second-order valence-electron chi connectivity index (χ2n) is 11.4. The van der Waals surface area contributed by atoms with Crippen molar-refractivity contribution in [3.8, 4) is 0 Å². The van der Waals surface area contributed by atoms with Gasteiger partial charge in [0.25, 0.3) is 0 Å². The molecule has 0 aromatic rings. The van der Waals surface area contributed by atoms with Gasteiger partial charge in [-0.15, -0.1) is 0 Å². The summed E-state index contributed by atoms with van der Waals surface area (Å²) in [4.78, 5) is 36.9. The maximum atomic E-state index is 13.1. The molecular weight excluding hydrogens is 504 g/mol. The summed E-state index contributed by atoms with van der Waals surface area (Å²) >= 11 is 0. The predicted molar refractivity (Wildman–Crippen MR) is 162 cm³/mol. The number of morpholine rings is 1. The van der Waals surface area contributed by atoms with Crippen LogP contribution in [0, 0.1) is 5.92 Å². The van der Waals surface area contributed by atoms with E-state index in [0.29, 0.717) is 19.0 Å². The van der Waals surface area contributed by atoms with Crippen LogP contribution in [0.1, 0.15) is 72.1 Å². The fourth-order valence-electron chi connectivity index (χ4n) is 5.81. The minimum atomic E-state index is 0.0145. The summed E-state index contributed by atoms with van der Waals surface area (Å²) in [5.74, 6) is 0.847. The van der Waals surface area contributed by atoms with Gasteiger partial charge < -0.3 is 20.3 Å². The lowest BCUT2D eigenvalue weighted by atomic mass is 9.89. The van der Waals surface area contributed by atoms with Crippen molar-refractivity contribution in [1.82, 2.24) is 25.3 Å². The van der Waals surface area contributed by atoms with Crippen LogP contribution in [0.25, 0.3) is 0 Å². The second kappa shape index (κ2) is 18.3. The van der Waals surface area contributed by atoms with Crippen LogP contribution in [0.15, 0.2) is 27.9 Å². The molecule has 226 valence electrons. The van der Waals surface area contributed by atoms with Gasteiger partial charge in [-0.3, -0.25) is 24.4 Å². The number of nitrogens with zero attached hydrogens (tertiary/aromatic N) is 4. The highest BCUT2D eigenvalue weighted by atomic mass is 16.5. The molecule has 3 rings (SSSR count). The maximum absolute atomic E-state index is 13.1. The van der Waals surface area contributed by atoms with Crippen LogP contribution < -0.4 is 10.6 Å². The molecule has 2 amide bonds. The number of ether oxygens (including phenoxy) is 1. The Kier molecular flexibility index (Phi) is 14.7. The number of carbonyl (C=O) groups excluding carboxylic acids is 2. The first-order chi connectivity index (χ1) is 19.5. The molecule has 0 atom stereocenters. The summed E-state index contributed by atoms with van der Waals surface area (Å²) in [6.07, 6.45) is 13.2. The monoisotopic (exact) mass is 558 g/mol. The molecule has 40 heavy (non-hydrogen) atoms. The summed E-state index contributed by atoms with van der Waals surface area (Å²) in [7, 11) is 0. The predicted octanol–water partition coefficient (Wildman–Crippen LogP) is 3.19. The van der Waals surface area contributed by atoms with Gasteiger partial charge in [0, 0.05) is 57.9 Å². The number of carbonyl (C=O) groups is 2. The fourth-order valence-corrected chi connectivity index (χ4v) is 5.81. The first-order valence-corrected chi connectivity index (χ1v) is 15.7. The topological polar surface area (TPSA) is 89.5 Å². The van der Waals surface area contributed by atoms with Gasteiger partial charge in [-0.05, 0) is 44.1 Å². The Labute approximate surface area is 242 Å². The zero-order valence-corrected chi connectivity index (χ0v) is 25.4. The summed E-state index contributed by atoms with van der Waals surface area (Å²) in [5.41, 5.74) is 2.80. The lowest BCUT2D eigenvalue weighted by Gasteiger charge is -2.36.